The molecule has 0 aromatic carbocycles. The Morgan fingerprint density at radius 1 is 1.24 bits per heavy atom. The number of carboxylic acid groups (broad SMARTS) is 1. The van der Waals surface area contributed by atoms with E-state index in [4.69, 9.17) is 9.47 Å². The number of amides is 1. The van der Waals surface area contributed by atoms with Gasteiger partial charge in [-0.15, -0.1) is 0 Å². The molecule has 0 bridgehead atoms. The van der Waals surface area contributed by atoms with E-state index in [1.54, 1.807) is 27.7 Å². The Morgan fingerprint density at radius 3 is 2.61 bits per heavy atom. The first-order valence-electron chi connectivity index (χ1n) is 11.3. The van der Waals surface area contributed by atoms with Gasteiger partial charge in [-0.2, -0.15) is 9.97 Å². The number of piperazine rings is 1. The van der Waals surface area contributed by atoms with Gasteiger partial charge in [-0.25, -0.2) is 9.59 Å². The van der Waals surface area contributed by atoms with Gasteiger partial charge in [-0.05, 0) is 54.8 Å². The first-order chi connectivity index (χ1) is 15.4. The fourth-order valence-corrected chi connectivity index (χ4v) is 3.94. The van der Waals surface area contributed by atoms with Crippen LogP contribution in [-0.4, -0.2) is 102 Å². The average molecular weight is 465 g/mol. The number of ether oxygens (including phenoxy) is 2. The summed E-state index contributed by atoms with van der Waals surface area (Å²) in [4.78, 5) is 39.7. The molecule has 3 rings (SSSR count). The van der Waals surface area contributed by atoms with E-state index >= 15 is 0 Å². The number of nitrogens with zero attached hydrogens (tertiary/aromatic N) is 5. The van der Waals surface area contributed by atoms with E-state index in [0.29, 0.717) is 25.5 Å². The van der Waals surface area contributed by atoms with Gasteiger partial charge in [0, 0.05) is 31.7 Å². The molecule has 1 amide bonds. The summed E-state index contributed by atoms with van der Waals surface area (Å²) in [5, 5.41) is 13.4. The molecule has 11 heteroatoms. The zero-order valence-electron chi connectivity index (χ0n) is 20.5. The Morgan fingerprint density at radius 2 is 1.97 bits per heavy atom. The highest BCUT2D eigenvalue weighted by Gasteiger charge is 2.49. The van der Waals surface area contributed by atoms with Crippen LogP contribution in [0.15, 0.2) is 0 Å². The highest BCUT2D eigenvalue weighted by atomic mass is 16.6. The van der Waals surface area contributed by atoms with E-state index in [2.05, 4.69) is 15.3 Å². The second-order valence-electron chi connectivity index (χ2n) is 9.97. The Balaban J connectivity index is 1.90. The molecule has 3 heterocycles. The Hall–Kier alpha value is -2.66. The number of carbonyl (C=O) groups excluding carboxylic acids is 1. The van der Waals surface area contributed by atoms with Gasteiger partial charge in [0.15, 0.2) is 5.54 Å². The summed E-state index contributed by atoms with van der Waals surface area (Å²) >= 11 is 0. The summed E-state index contributed by atoms with van der Waals surface area (Å²) in [6.45, 7) is 10.1. The number of fused-ring (bicyclic) bond motifs is 1. The molecular formula is C22H36N6O5. The van der Waals surface area contributed by atoms with Crippen LogP contribution >= 0.6 is 0 Å². The van der Waals surface area contributed by atoms with E-state index < -0.39 is 23.2 Å². The average Bonchev–Trinajstić information content (AvgIpc) is 2.71. The molecule has 1 aromatic heterocycles. The van der Waals surface area contributed by atoms with Crippen molar-refractivity contribution >= 4 is 17.9 Å². The van der Waals surface area contributed by atoms with Crippen molar-refractivity contribution < 1.29 is 24.2 Å². The number of hydrogen-bond donors (Lipinski definition) is 2. The van der Waals surface area contributed by atoms with Crippen LogP contribution in [0.5, 0.6) is 6.01 Å². The zero-order chi connectivity index (χ0) is 24.4. The fourth-order valence-electron chi connectivity index (χ4n) is 3.94. The van der Waals surface area contributed by atoms with Gasteiger partial charge in [0.1, 0.15) is 18.0 Å². The molecule has 2 N–H and O–H groups in total. The number of anilines is 1. The van der Waals surface area contributed by atoms with Crippen LogP contribution in [0.4, 0.5) is 10.6 Å². The van der Waals surface area contributed by atoms with E-state index in [-0.39, 0.29) is 19.1 Å². The molecule has 0 spiro atoms. The molecule has 33 heavy (non-hydrogen) atoms. The third-order valence-corrected chi connectivity index (χ3v) is 5.73. The standard InChI is InChI=1S/C22H36N6O5/c1-21(2,3)33-20(31)28-10-9-27(14-22(28,4)18(29)30)17-15-7-8-23-13-16(15)24-19(25-17)32-12-11-26(5)6/h23H,7-14H2,1-6H3,(H,29,30). The number of aromatic nitrogens is 2. The molecule has 11 nitrogen and oxygen atoms in total. The molecule has 1 unspecified atom stereocenters. The Bertz CT molecular complexity index is 887. The minimum Gasteiger partial charge on any atom is -0.479 e. The van der Waals surface area contributed by atoms with Crippen molar-refractivity contribution in [3.63, 3.8) is 0 Å². The maximum absolute atomic E-state index is 12.8. The van der Waals surface area contributed by atoms with Crippen molar-refractivity contribution in [1.82, 2.24) is 25.1 Å². The molecule has 1 atom stereocenters. The minimum atomic E-state index is -1.47. The highest BCUT2D eigenvalue weighted by molar-refractivity contribution is 5.85. The second kappa shape index (κ2) is 9.68. The number of carboxylic acids is 1. The molecule has 0 aliphatic carbocycles. The molecular weight excluding hydrogens is 428 g/mol. The number of hydrogen-bond acceptors (Lipinski definition) is 9. The predicted molar refractivity (Wildman–Crippen MR) is 123 cm³/mol. The van der Waals surface area contributed by atoms with Gasteiger partial charge in [0.05, 0.1) is 12.2 Å². The summed E-state index contributed by atoms with van der Waals surface area (Å²) < 4.78 is 11.3. The zero-order valence-corrected chi connectivity index (χ0v) is 20.5. The van der Waals surface area contributed by atoms with Gasteiger partial charge < -0.3 is 29.7 Å². The first-order valence-corrected chi connectivity index (χ1v) is 11.3. The summed E-state index contributed by atoms with van der Waals surface area (Å²) in [5.74, 6) is -0.414. The van der Waals surface area contributed by atoms with Crippen LogP contribution in [0.2, 0.25) is 0 Å². The molecule has 2 aliphatic rings. The van der Waals surface area contributed by atoms with Gasteiger partial charge in [0.25, 0.3) is 0 Å². The van der Waals surface area contributed by atoms with Crippen LogP contribution in [0.3, 0.4) is 0 Å². The fraction of sp³-hybridized carbons (Fsp3) is 0.727. The minimum absolute atomic E-state index is 0.0790. The van der Waals surface area contributed by atoms with Crippen molar-refractivity contribution in [1.29, 1.82) is 0 Å². The molecule has 184 valence electrons. The lowest BCUT2D eigenvalue weighted by Crippen LogP contribution is -2.67. The summed E-state index contributed by atoms with van der Waals surface area (Å²) in [6.07, 6.45) is 0.104. The van der Waals surface area contributed by atoms with Crippen molar-refractivity contribution in [3.8, 4) is 6.01 Å². The number of likely N-dealkylation sites (N-methyl/N-ethyl adjacent to an activating group) is 1. The van der Waals surface area contributed by atoms with Crippen LogP contribution in [0.25, 0.3) is 0 Å². The van der Waals surface area contributed by atoms with E-state index in [9.17, 15) is 14.7 Å². The monoisotopic (exact) mass is 464 g/mol. The number of carbonyl (C=O) groups is 2. The number of nitrogens with one attached hydrogen (secondary N) is 1. The van der Waals surface area contributed by atoms with E-state index in [1.807, 2.05) is 23.9 Å². The lowest BCUT2D eigenvalue weighted by atomic mass is 9.95. The number of aliphatic carboxylic acids is 1. The van der Waals surface area contributed by atoms with E-state index in [0.717, 1.165) is 30.8 Å². The van der Waals surface area contributed by atoms with Crippen LogP contribution in [-0.2, 0) is 22.5 Å². The van der Waals surface area contributed by atoms with Gasteiger partial charge in [-0.3, -0.25) is 4.90 Å². The summed E-state index contributed by atoms with van der Waals surface area (Å²) in [7, 11) is 3.92. The van der Waals surface area contributed by atoms with Gasteiger partial charge in [-0.1, -0.05) is 0 Å². The summed E-state index contributed by atoms with van der Waals surface area (Å²) in [5.41, 5.74) is -0.340. The topological polar surface area (TPSA) is 120 Å². The maximum atomic E-state index is 12.8. The maximum Gasteiger partial charge on any atom is 0.411 e. The lowest BCUT2D eigenvalue weighted by Gasteiger charge is -2.46. The largest absolute Gasteiger partial charge is 0.479 e. The van der Waals surface area contributed by atoms with E-state index in [1.165, 1.54) is 4.90 Å². The molecule has 1 aromatic rings. The molecule has 0 saturated carbocycles. The number of rotatable bonds is 6. The van der Waals surface area contributed by atoms with Crippen molar-refractivity contribution in [2.75, 3.05) is 58.3 Å². The molecule has 1 fully saturated rings. The highest BCUT2D eigenvalue weighted by Crippen LogP contribution is 2.32. The normalized spacial score (nSPS) is 21.1. The summed E-state index contributed by atoms with van der Waals surface area (Å²) in [6, 6.07) is 0.279. The van der Waals surface area contributed by atoms with Crippen LogP contribution < -0.4 is 15.0 Å². The SMILES string of the molecule is CN(C)CCOc1nc2c(c(N3CCN(C(=O)OC(C)(C)C)C(C)(C(=O)O)C3)n1)CCNC2. The Kier molecular flexibility index (Phi) is 7.32. The van der Waals surface area contributed by atoms with Crippen molar-refractivity contribution in [2.45, 2.75) is 51.8 Å². The second-order valence-corrected chi connectivity index (χ2v) is 9.97. The lowest BCUT2D eigenvalue weighted by molar-refractivity contribution is -0.150. The first kappa shape index (κ1) is 25.0. The molecule has 2 aliphatic heterocycles. The quantitative estimate of drug-likeness (QED) is 0.630. The van der Waals surface area contributed by atoms with Gasteiger partial charge >= 0.3 is 18.1 Å². The Labute approximate surface area is 195 Å². The van der Waals surface area contributed by atoms with Crippen molar-refractivity contribution in [2.24, 2.45) is 0 Å². The smallest absolute Gasteiger partial charge is 0.411 e. The molecule has 0 radical (unpaired) electrons. The van der Waals surface area contributed by atoms with Gasteiger partial charge in [0.2, 0.25) is 0 Å². The van der Waals surface area contributed by atoms with Crippen LogP contribution in [0.1, 0.15) is 39.0 Å². The molecule has 1 saturated heterocycles. The van der Waals surface area contributed by atoms with Crippen molar-refractivity contribution in [3.05, 3.63) is 11.3 Å². The third-order valence-electron chi connectivity index (χ3n) is 5.73. The predicted octanol–water partition coefficient (Wildman–Crippen LogP) is 0.963. The third kappa shape index (κ3) is 5.83. The van der Waals surface area contributed by atoms with Crippen LogP contribution in [0, 0.1) is 0 Å².